The molecule has 1 aromatic rings. The highest BCUT2D eigenvalue weighted by Crippen LogP contribution is 2.72. The molecule has 4 rings (SSSR count). The van der Waals surface area contributed by atoms with Crippen molar-refractivity contribution in [2.75, 3.05) is 13.2 Å². The number of halogens is 3. The first-order valence-corrected chi connectivity index (χ1v) is 6.14. The predicted molar refractivity (Wildman–Crippen MR) is 60.5 cm³/mol. The van der Waals surface area contributed by atoms with Gasteiger partial charge in [0, 0.05) is 24.3 Å². The largest absolute Gasteiger partial charge is 0.493 e. The number of pyridine rings is 1. The zero-order chi connectivity index (χ0) is 13.7. The number of aromatic nitrogens is 1. The molecular weight excluding hydrogens is 259 g/mol. The van der Waals surface area contributed by atoms with Gasteiger partial charge in [0.2, 0.25) is 0 Å². The molecular formula is C13H14F3NO2. The summed E-state index contributed by atoms with van der Waals surface area (Å²) in [5, 5.41) is 9.13. The van der Waals surface area contributed by atoms with Crippen molar-refractivity contribution >= 4 is 0 Å². The van der Waals surface area contributed by atoms with Gasteiger partial charge in [-0.05, 0) is 30.7 Å². The minimum absolute atomic E-state index is 0.0738. The van der Waals surface area contributed by atoms with Crippen molar-refractivity contribution in [1.82, 2.24) is 4.98 Å². The Morgan fingerprint density at radius 2 is 1.95 bits per heavy atom. The van der Waals surface area contributed by atoms with Crippen molar-refractivity contribution in [2.45, 2.75) is 25.4 Å². The molecule has 0 unspecified atom stereocenters. The summed E-state index contributed by atoms with van der Waals surface area (Å²) in [6.45, 7) is 0.609. The summed E-state index contributed by atoms with van der Waals surface area (Å²) in [4.78, 5) is 3.29. The number of rotatable bonds is 4. The van der Waals surface area contributed by atoms with Crippen LogP contribution in [0.1, 0.15) is 25.0 Å². The maximum Gasteiger partial charge on any atom is 0.433 e. The van der Waals surface area contributed by atoms with E-state index in [2.05, 4.69) is 4.98 Å². The van der Waals surface area contributed by atoms with E-state index in [4.69, 9.17) is 9.84 Å². The molecule has 3 saturated carbocycles. The summed E-state index contributed by atoms with van der Waals surface area (Å²) in [5.41, 5.74) is -0.780. The van der Waals surface area contributed by atoms with Crippen LogP contribution >= 0.6 is 0 Å². The molecule has 104 valence electrons. The number of hydrogen-bond donors (Lipinski definition) is 1. The summed E-state index contributed by atoms with van der Waals surface area (Å²) in [7, 11) is 0. The number of nitrogens with zero attached hydrogens (tertiary/aromatic N) is 1. The van der Waals surface area contributed by atoms with E-state index in [0.29, 0.717) is 6.61 Å². The van der Waals surface area contributed by atoms with Crippen LogP contribution in [0.2, 0.25) is 0 Å². The van der Waals surface area contributed by atoms with Gasteiger partial charge in [-0.15, -0.1) is 0 Å². The van der Waals surface area contributed by atoms with Gasteiger partial charge in [0.05, 0.1) is 6.61 Å². The van der Waals surface area contributed by atoms with Crippen molar-refractivity contribution < 1.29 is 23.0 Å². The molecule has 1 aromatic heterocycles. The first-order valence-electron chi connectivity index (χ1n) is 6.14. The standard InChI is InChI=1S/C13H14F3NO2/c14-13(15,16)10-3-9(1-2-17-10)19-8-12-4-11(5-12,6-12)7-18/h1-3,18H,4-8H2. The monoisotopic (exact) mass is 273 g/mol. The second kappa shape index (κ2) is 3.85. The van der Waals surface area contributed by atoms with Gasteiger partial charge in [-0.1, -0.05) is 0 Å². The van der Waals surface area contributed by atoms with Crippen LogP contribution in [-0.2, 0) is 6.18 Å². The number of aliphatic hydroxyl groups excluding tert-OH is 1. The van der Waals surface area contributed by atoms with E-state index in [1.165, 1.54) is 6.07 Å². The Balaban J connectivity index is 1.60. The Morgan fingerprint density at radius 1 is 1.26 bits per heavy atom. The van der Waals surface area contributed by atoms with Gasteiger partial charge in [0.25, 0.3) is 0 Å². The average molecular weight is 273 g/mol. The third-order valence-electron chi connectivity index (χ3n) is 4.15. The Morgan fingerprint density at radius 3 is 2.53 bits per heavy atom. The van der Waals surface area contributed by atoms with E-state index in [0.717, 1.165) is 31.5 Å². The fraction of sp³-hybridized carbons (Fsp3) is 0.615. The number of ether oxygens (including phenoxy) is 1. The van der Waals surface area contributed by atoms with Crippen LogP contribution in [0.5, 0.6) is 5.75 Å². The van der Waals surface area contributed by atoms with Gasteiger partial charge in [-0.2, -0.15) is 13.2 Å². The molecule has 6 heteroatoms. The molecule has 3 fully saturated rings. The van der Waals surface area contributed by atoms with E-state index in [1.54, 1.807) is 0 Å². The normalized spacial score (nSPS) is 32.4. The van der Waals surface area contributed by atoms with Crippen molar-refractivity contribution in [3.8, 4) is 5.75 Å². The highest BCUT2D eigenvalue weighted by atomic mass is 19.4. The van der Waals surface area contributed by atoms with Gasteiger partial charge in [-0.25, -0.2) is 0 Å². The molecule has 0 aromatic carbocycles. The molecule has 3 aliphatic carbocycles. The summed E-state index contributed by atoms with van der Waals surface area (Å²) >= 11 is 0. The lowest BCUT2D eigenvalue weighted by atomic mass is 9.36. The van der Waals surface area contributed by atoms with Crippen molar-refractivity contribution in [1.29, 1.82) is 0 Å². The molecule has 0 atom stereocenters. The Labute approximate surface area is 108 Å². The van der Waals surface area contributed by atoms with Crippen LogP contribution in [0.25, 0.3) is 0 Å². The lowest BCUT2D eigenvalue weighted by molar-refractivity contribution is -0.235. The van der Waals surface area contributed by atoms with Crippen LogP contribution in [0, 0.1) is 10.8 Å². The fourth-order valence-corrected chi connectivity index (χ4v) is 3.44. The SMILES string of the molecule is OCC12CC(COc3ccnc(C(F)(F)F)c3)(C1)C2. The molecule has 1 heterocycles. The van der Waals surface area contributed by atoms with Gasteiger partial charge in [-0.3, -0.25) is 4.98 Å². The lowest BCUT2D eigenvalue weighted by Crippen LogP contribution is -2.65. The molecule has 3 aliphatic rings. The van der Waals surface area contributed by atoms with Crippen molar-refractivity contribution in [3.05, 3.63) is 24.0 Å². The Bertz CT molecular complexity index is 481. The van der Waals surface area contributed by atoms with Crippen molar-refractivity contribution in [3.63, 3.8) is 0 Å². The fourth-order valence-electron chi connectivity index (χ4n) is 3.44. The zero-order valence-corrected chi connectivity index (χ0v) is 10.2. The molecule has 19 heavy (non-hydrogen) atoms. The van der Waals surface area contributed by atoms with Crippen molar-refractivity contribution in [2.24, 2.45) is 10.8 Å². The minimum atomic E-state index is -4.45. The number of hydrogen-bond acceptors (Lipinski definition) is 3. The average Bonchev–Trinajstić information content (AvgIpc) is 2.25. The molecule has 3 nitrogen and oxygen atoms in total. The highest BCUT2D eigenvalue weighted by Gasteiger charge is 2.67. The molecule has 0 aliphatic heterocycles. The predicted octanol–water partition coefficient (Wildman–Crippen LogP) is 2.64. The third-order valence-corrected chi connectivity index (χ3v) is 4.15. The summed E-state index contributed by atoms with van der Waals surface area (Å²) in [5.74, 6) is 0.199. The smallest absolute Gasteiger partial charge is 0.433 e. The lowest BCUT2D eigenvalue weighted by Gasteiger charge is -2.69. The van der Waals surface area contributed by atoms with Crippen LogP contribution in [0.3, 0.4) is 0 Å². The molecule has 0 spiro atoms. The number of aliphatic hydroxyl groups is 1. The van der Waals surface area contributed by atoms with Gasteiger partial charge >= 0.3 is 6.18 Å². The van der Waals surface area contributed by atoms with Crippen LogP contribution in [-0.4, -0.2) is 23.3 Å². The van der Waals surface area contributed by atoms with E-state index in [-0.39, 0.29) is 23.2 Å². The second-order valence-electron chi connectivity index (χ2n) is 5.85. The topological polar surface area (TPSA) is 42.4 Å². The van der Waals surface area contributed by atoms with Crippen LogP contribution in [0.15, 0.2) is 18.3 Å². The summed E-state index contributed by atoms with van der Waals surface area (Å²) < 4.78 is 42.9. The maximum absolute atomic E-state index is 12.5. The molecule has 0 amide bonds. The number of alkyl halides is 3. The summed E-state index contributed by atoms with van der Waals surface area (Å²) in [6, 6.07) is 2.36. The van der Waals surface area contributed by atoms with E-state index < -0.39 is 11.9 Å². The van der Waals surface area contributed by atoms with Crippen LogP contribution in [0.4, 0.5) is 13.2 Å². The van der Waals surface area contributed by atoms with Gasteiger partial charge in [0.1, 0.15) is 11.4 Å². The first kappa shape index (κ1) is 12.7. The van der Waals surface area contributed by atoms with Crippen LogP contribution < -0.4 is 4.74 Å². The quantitative estimate of drug-likeness (QED) is 0.917. The maximum atomic E-state index is 12.5. The molecule has 2 bridgehead atoms. The molecule has 0 saturated heterocycles. The van der Waals surface area contributed by atoms with Gasteiger partial charge in [0.15, 0.2) is 0 Å². The van der Waals surface area contributed by atoms with E-state index in [1.807, 2.05) is 0 Å². The highest BCUT2D eigenvalue weighted by molar-refractivity contribution is 5.25. The van der Waals surface area contributed by atoms with Gasteiger partial charge < -0.3 is 9.84 Å². The zero-order valence-electron chi connectivity index (χ0n) is 10.2. The minimum Gasteiger partial charge on any atom is -0.493 e. The Kier molecular flexibility index (Phi) is 2.58. The van der Waals surface area contributed by atoms with E-state index in [9.17, 15) is 13.2 Å². The molecule has 0 radical (unpaired) electrons. The third kappa shape index (κ3) is 2.08. The Hall–Kier alpha value is -1.30. The molecule has 1 N–H and O–H groups in total. The summed E-state index contributed by atoms with van der Waals surface area (Å²) in [6.07, 6.45) is -0.610. The van der Waals surface area contributed by atoms with E-state index >= 15 is 0 Å². The second-order valence-corrected chi connectivity index (χ2v) is 5.85. The first-order chi connectivity index (χ1) is 8.87.